The van der Waals surface area contributed by atoms with E-state index in [2.05, 4.69) is 23.3 Å². The summed E-state index contributed by atoms with van der Waals surface area (Å²) in [6.07, 6.45) is -0.168. The Hall–Kier alpha value is -2.87. The second-order valence-corrected chi connectivity index (χ2v) is 7.74. The first-order chi connectivity index (χ1) is 15.0. The maximum atomic E-state index is 12.9. The normalized spacial score (nSPS) is 18.3. The summed E-state index contributed by atoms with van der Waals surface area (Å²) in [4.78, 5) is 72.0. The number of hydrogen-bond donors (Lipinski definition) is 7. The number of nitrogens with one attached hydrogen (secondary N) is 2. The van der Waals surface area contributed by atoms with Crippen molar-refractivity contribution in [2.75, 3.05) is 12.3 Å². The van der Waals surface area contributed by atoms with E-state index in [9.17, 15) is 33.9 Å². The molecule has 1 fully saturated rings. The van der Waals surface area contributed by atoms with Crippen LogP contribution in [0.4, 0.5) is 0 Å². The molecule has 14 heteroatoms. The van der Waals surface area contributed by atoms with E-state index in [-0.39, 0.29) is 38.0 Å². The van der Waals surface area contributed by atoms with Crippen LogP contribution in [0.3, 0.4) is 0 Å². The summed E-state index contributed by atoms with van der Waals surface area (Å²) in [5.74, 6) is -5.46. The van der Waals surface area contributed by atoms with E-state index in [1.165, 1.54) is 0 Å². The summed E-state index contributed by atoms with van der Waals surface area (Å²) < 4.78 is 0. The van der Waals surface area contributed by atoms with Crippen LogP contribution in [0.15, 0.2) is 0 Å². The number of aliphatic carboxylic acids is 2. The van der Waals surface area contributed by atoms with E-state index in [4.69, 9.17) is 16.6 Å². The number of nitrogens with zero attached hydrogens (tertiary/aromatic N) is 1. The molecular formula is C18H29N5O8S. The highest BCUT2D eigenvalue weighted by Crippen LogP contribution is 2.19. The van der Waals surface area contributed by atoms with Crippen LogP contribution in [0, 0.1) is 0 Å². The van der Waals surface area contributed by atoms with Gasteiger partial charge in [-0.25, -0.2) is 4.79 Å². The first kappa shape index (κ1) is 27.2. The molecule has 32 heavy (non-hydrogen) atoms. The van der Waals surface area contributed by atoms with Gasteiger partial charge in [-0.05, 0) is 25.7 Å². The second kappa shape index (κ2) is 12.9. The van der Waals surface area contributed by atoms with Crippen LogP contribution < -0.4 is 22.1 Å². The molecule has 1 aliphatic rings. The molecule has 13 nitrogen and oxygen atoms in total. The monoisotopic (exact) mass is 475 g/mol. The zero-order valence-electron chi connectivity index (χ0n) is 17.4. The van der Waals surface area contributed by atoms with Gasteiger partial charge in [0, 0.05) is 25.1 Å². The van der Waals surface area contributed by atoms with Crippen molar-refractivity contribution in [3.05, 3.63) is 0 Å². The Morgan fingerprint density at radius 3 is 2.16 bits per heavy atom. The lowest BCUT2D eigenvalue weighted by Gasteiger charge is -2.28. The third kappa shape index (κ3) is 8.34. The van der Waals surface area contributed by atoms with Gasteiger partial charge in [0.15, 0.2) is 0 Å². The maximum absolute atomic E-state index is 12.9. The molecule has 4 unspecified atom stereocenters. The van der Waals surface area contributed by atoms with Gasteiger partial charge < -0.3 is 37.2 Å². The third-order valence-corrected chi connectivity index (χ3v) is 5.30. The molecule has 1 heterocycles. The van der Waals surface area contributed by atoms with Gasteiger partial charge in [-0.15, -0.1) is 0 Å². The highest BCUT2D eigenvalue weighted by atomic mass is 32.1. The Balaban J connectivity index is 2.87. The average molecular weight is 476 g/mol. The Labute approximate surface area is 189 Å². The molecule has 180 valence electrons. The van der Waals surface area contributed by atoms with E-state index in [0.29, 0.717) is 6.42 Å². The SMILES string of the molecule is NC(=O)CCC(N)C(=O)NC(CS)C(=O)NC(CCC(=O)O)C(=O)N1CCCC1C(=O)O. The van der Waals surface area contributed by atoms with Crippen LogP contribution in [-0.2, 0) is 28.8 Å². The van der Waals surface area contributed by atoms with Crippen molar-refractivity contribution in [2.24, 2.45) is 11.5 Å². The molecule has 0 aromatic carbocycles. The predicted octanol–water partition coefficient (Wildman–Crippen LogP) is -2.58. The molecule has 0 radical (unpaired) electrons. The van der Waals surface area contributed by atoms with Crippen LogP contribution in [0.1, 0.15) is 38.5 Å². The molecule has 1 saturated heterocycles. The highest BCUT2D eigenvalue weighted by molar-refractivity contribution is 7.80. The number of likely N-dealkylation sites (tertiary alicyclic amines) is 1. The fraction of sp³-hybridized carbons (Fsp3) is 0.667. The van der Waals surface area contributed by atoms with Gasteiger partial charge in [0.1, 0.15) is 18.1 Å². The van der Waals surface area contributed by atoms with Gasteiger partial charge in [0.05, 0.1) is 6.04 Å². The Morgan fingerprint density at radius 2 is 1.62 bits per heavy atom. The molecule has 0 bridgehead atoms. The fourth-order valence-electron chi connectivity index (χ4n) is 3.19. The largest absolute Gasteiger partial charge is 0.481 e. The van der Waals surface area contributed by atoms with Crippen molar-refractivity contribution >= 4 is 48.2 Å². The number of rotatable bonds is 13. The number of carbonyl (C=O) groups is 6. The molecule has 4 amide bonds. The Morgan fingerprint density at radius 1 is 1.00 bits per heavy atom. The Bertz CT molecular complexity index is 749. The number of carboxylic acids is 2. The minimum Gasteiger partial charge on any atom is -0.481 e. The second-order valence-electron chi connectivity index (χ2n) is 7.38. The maximum Gasteiger partial charge on any atom is 0.326 e. The number of amides is 4. The van der Waals surface area contributed by atoms with E-state index >= 15 is 0 Å². The summed E-state index contributed by atoms with van der Waals surface area (Å²) in [5, 5.41) is 23.0. The summed E-state index contributed by atoms with van der Waals surface area (Å²) >= 11 is 4.01. The summed E-state index contributed by atoms with van der Waals surface area (Å²) in [6.45, 7) is 0.163. The smallest absolute Gasteiger partial charge is 0.326 e. The minimum atomic E-state index is -1.30. The van der Waals surface area contributed by atoms with Crippen LogP contribution >= 0.6 is 12.6 Å². The van der Waals surface area contributed by atoms with Crippen molar-refractivity contribution in [1.82, 2.24) is 15.5 Å². The molecule has 0 aromatic heterocycles. The van der Waals surface area contributed by atoms with Gasteiger partial charge >= 0.3 is 11.9 Å². The first-order valence-corrected chi connectivity index (χ1v) is 10.6. The first-order valence-electron chi connectivity index (χ1n) is 9.98. The molecule has 0 aliphatic carbocycles. The van der Waals surface area contributed by atoms with Gasteiger partial charge in [-0.2, -0.15) is 12.6 Å². The topological polar surface area (TPSA) is 222 Å². The van der Waals surface area contributed by atoms with E-state index in [0.717, 1.165) is 4.90 Å². The van der Waals surface area contributed by atoms with Crippen molar-refractivity contribution in [3.8, 4) is 0 Å². The molecule has 0 saturated carbocycles. The summed E-state index contributed by atoms with van der Waals surface area (Å²) in [5.41, 5.74) is 10.7. The lowest BCUT2D eigenvalue weighted by Crippen LogP contribution is -2.57. The molecular weight excluding hydrogens is 446 g/mol. The standard InChI is InChI=1S/C18H29N5O8S/c19-9(3-5-13(20)24)15(27)22-11(8-32)16(28)21-10(4-6-14(25)26)17(29)23-7-1-2-12(23)18(30)31/h9-12,32H,1-8,19H2,(H2,20,24)(H,21,28)(H,22,27)(H,25,26)(H,30,31). The predicted molar refractivity (Wildman–Crippen MR) is 113 cm³/mol. The van der Waals surface area contributed by atoms with Gasteiger partial charge in [-0.1, -0.05) is 0 Å². The molecule has 0 aromatic rings. The third-order valence-electron chi connectivity index (χ3n) is 4.94. The van der Waals surface area contributed by atoms with Crippen molar-refractivity contribution in [3.63, 3.8) is 0 Å². The number of thiol groups is 1. The van der Waals surface area contributed by atoms with Crippen molar-refractivity contribution in [2.45, 2.75) is 62.7 Å². The lowest BCUT2D eigenvalue weighted by molar-refractivity contribution is -0.150. The lowest BCUT2D eigenvalue weighted by atomic mass is 10.1. The summed E-state index contributed by atoms with van der Waals surface area (Å²) in [6, 6.07) is -4.68. The molecule has 1 aliphatic heterocycles. The van der Waals surface area contributed by atoms with Gasteiger partial charge in [0.2, 0.25) is 23.6 Å². The quantitative estimate of drug-likeness (QED) is 0.139. The van der Waals surface area contributed by atoms with E-state index in [1.807, 2.05) is 0 Å². The zero-order valence-corrected chi connectivity index (χ0v) is 18.3. The minimum absolute atomic E-state index is 0.0344. The van der Waals surface area contributed by atoms with Gasteiger partial charge in [-0.3, -0.25) is 24.0 Å². The molecule has 4 atom stereocenters. The zero-order chi connectivity index (χ0) is 24.4. The molecule has 0 spiro atoms. The van der Waals surface area contributed by atoms with Crippen LogP contribution in [0.2, 0.25) is 0 Å². The average Bonchev–Trinajstić information content (AvgIpc) is 3.22. The van der Waals surface area contributed by atoms with Crippen molar-refractivity contribution in [1.29, 1.82) is 0 Å². The van der Waals surface area contributed by atoms with Crippen LogP contribution in [0.25, 0.3) is 0 Å². The Kier molecular flexibility index (Phi) is 10.9. The highest BCUT2D eigenvalue weighted by Gasteiger charge is 2.38. The van der Waals surface area contributed by atoms with Crippen molar-refractivity contribution < 1.29 is 39.0 Å². The van der Waals surface area contributed by atoms with E-state index < -0.39 is 66.2 Å². The van der Waals surface area contributed by atoms with E-state index in [1.54, 1.807) is 0 Å². The van der Waals surface area contributed by atoms with Gasteiger partial charge in [0.25, 0.3) is 0 Å². The summed E-state index contributed by atoms with van der Waals surface area (Å²) in [7, 11) is 0. The molecule has 8 N–H and O–H groups in total. The molecule has 1 rings (SSSR count). The van der Waals surface area contributed by atoms with Crippen LogP contribution in [-0.4, -0.2) is 87.1 Å². The fourth-order valence-corrected chi connectivity index (χ4v) is 3.44. The number of primary amides is 1. The number of hydrogen-bond acceptors (Lipinski definition) is 8. The number of carboxylic acid groups (broad SMARTS) is 2. The number of nitrogens with two attached hydrogens (primary N) is 2. The number of carbonyl (C=O) groups excluding carboxylic acids is 4. The van der Waals surface area contributed by atoms with Crippen LogP contribution in [0.5, 0.6) is 0 Å².